The quantitative estimate of drug-likeness (QED) is 0.387. The van der Waals surface area contributed by atoms with Crippen molar-refractivity contribution in [2.75, 3.05) is 20.8 Å². The minimum atomic E-state index is -0.703. The molecule has 7 heteroatoms. The lowest BCUT2D eigenvalue weighted by Crippen LogP contribution is -2.08. The number of carbonyl (C=O) groups excluding carboxylic acids is 2. The number of nitriles is 1. The molecule has 0 unspecified atom stereocenters. The largest absolute Gasteiger partial charge is 0.465 e. The second-order valence-corrected chi connectivity index (χ2v) is 6.41. The number of nitrogens with zero attached hydrogens (tertiary/aromatic N) is 2. The summed E-state index contributed by atoms with van der Waals surface area (Å²) in [4.78, 5) is 23.8. The molecule has 2 aromatic rings. The maximum atomic E-state index is 12.3. The Bertz CT molecular complexity index is 949. The summed E-state index contributed by atoms with van der Waals surface area (Å²) in [5.41, 5.74) is 3.77. The number of hydrogen-bond acceptors (Lipinski definition) is 6. The highest BCUT2D eigenvalue weighted by Gasteiger charge is 2.14. The van der Waals surface area contributed by atoms with Crippen molar-refractivity contribution in [1.29, 1.82) is 5.26 Å². The number of hydrogen-bond donors (Lipinski definition) is 0. The van der Waals surface area contributed by atoms with E-state index in [1.54, 1.807) is 31.4 Å². The van der Waals surface area contributed by atoms with Gasteiger partial charge in [0.15, 0.2) is 0 Å². The van der Waals surface area contributed by atoms with E-state index in [0.29, 0.717) is 24.3 Å². The van der Waals surface area contributed by atoms with Gasteiger partial charge in [-0.15, -0.1) is 0 Å². The van der Waals surface area contributed by atoms with Crippen LogP contribution in [0.15, 0.2) is 35.9 Å². The number of aryl methyl sites for hydroxylation is 1. The summed E-state index contributed by atoms with van der Waals surface area (Å²) in [5, 5.41) is 9.39. The Morgan fingerprint density at radius 2 is 1.86 bits per heavy atom. The molecular weight excluding hydrogens is 372 g/mol. The van der Waals surface area contributed by atoms with Crippen molar-refractivity contribution in [3.8, 4) is 6.07 Å². The summed E-state index contributed by atoms with van der Waals surface area (Å²) in [6.45, 7) is 5.14. The van der Waals surface area contributed by atoms with Crippen molar-refractivity contribution < 1.29 is 23.8 Å². The second-order valence-electron chi connectivity index (χ2n) is 6.41. The SMILES string of the molecule is COCCn1c(C)cc(/C=C(\C#N)C(=O)OCc2ccc(C(=O)OC)cc2)c1C. The zero-order valence-electron chi connectivity index (χ0n) is 17.0. The third kappa shape index (κ3) is 5.56. The number of ether oxygens (including phenoxy) is 3. The van der Waals surface area contributed by atoms with Crippen LogP contribution in [0.2, 0.25) is 0 Å². The third-order valence-corrected chi connectivity index (χ3v) is 4.52. The molecule has 0 radical (unpaired) electrons. The van der Waals surface area contributed by atoms with Crippen LogP contribution < -0.4 is 0 Å². The highest BCUT2D eigenvalue weighted by atomic mass is 16.5. The Morgan fingerprint density at radius 1 is 1.17 bits per heavy atom. The Hall–Kier alpha value is -3.37. The van der Waals surface area contributed by atoms with Crippen LogP contribution in [-0.4, -0.2) is 37.3 Å². The number of rotatable bonds is 8. The molecule has 0 aliphatic carbocycles. The molecule has 0 bridgehead atoms. The molecule has 152 valence electrons. The van der Waals surface area contributed by atoms with Gasteiger partial charge in [0.1, 0.15) is 18.2 Å². The number of carbonyl (C=O) groups is 2. The molecule has 0 atom stereocenters. The predicted molar refractivity (Wildman–Crippen MR) is 107 cm³/mol. The minimum absolute atomic E-state index is 0.00777. The maximum absolute atomic E-state index is 12.3. The Labute approximate surface area is 170 Å². The molecule has 1 aromatic heterocycles. The first-order chi connectivity index (χ1) is 13.9. The average Bonchev–Trinajstić information content (AvgIpc) is 3.00. The van der Waals surface area contributed by atoms with E-state index in [4.69, 9.17) is 9.47 Å². The standard InChI is InChI=1S/C22H24N2O5/c1-15-11-19(16(2)24(15)9-10-27-3)12-20(13-23)22(26)29-14-17-5-7-18(8-6-17)21(25)28-4/h5-8,11-12H,9-10,14H2,1-4H3/b20-12+. The fourth-order valence-electron chi connectivity index (χ4n) is 2.87. The Morgan fingerprint density at radius 3 is 2.45 bits per heavy atom. The van der Waals surface area contributed by atoms with Crippen LogP contribution >= 0.6 is 0 Å². The van der Waals surface area contributed by atoms with Gasteiger partial charge in [-0.1, -0.05) is 12.1 Å². The highest BCUT2D eigenvalue weighted by molar-refractivity contribution is 5.98. The van der Waals surface area contributed by atoms with E-state index >= 15 is 0 Å². The zero-order chi connectivity index (χ0) is 21.4. The average molecular weight is 396 g/mol. The summed E-state index contributed by atoms with van der Waals surface area (Å²) in [7, 11) is 2.95. The van der Waals surface area contributed by atoms with Crippen molar-refractivity contribution >= 4 is 18.0 Å². The molecule has 7 nitrogen and oxygen atoms in total. The summed E-state index contributed by atoms with van der Waals surface area (Å²) < 4.78 is 17.1. The Kier molecular flexibility index (Phi) is 7.75. The zero-order valence-corrected chi connectivity index (χ0v) is 17.0. The van der Waals surface area contributed by atoms with Crippen molar-refractivity contribution in [3.05, 3.63) is 64.0 Å². The molecule has 29 heavy (non-hydrogen) atoms. The van der Waals surface area contributed by atoms with Crippen LogP contribution in [0.4, 0.5) is 0 Å². The normalized spacial score (nSPS) is 11.1. The fraction of sp³-hybridized carbons (Fsp3) is 0.318. The van der Waals surface area contributed by atoms with Gasteiger partial charge in [0, 0.05) is 25.0 Å². The maximum Gasteiger partial charge on any atom is 0.349 e. The van der Waals surface area contributed by atoms with Crippen LogP contribution in [0.25, 0.3) is 6.08 Å². The van der Waals surface area contributed by atoms with Crippen LogP contribution in [0.3, 0.4) is 0 Å². The van der Waals surface area contributed by atoms with E-state index in [1.165, 1.54) is 13.2 Å². The lowest BCUT2D eigenvalue weighted by Gasteiger charge is -2.08. The van der Waals surface area contributed by atoms with Crippen molar-refractivity contribution in [3.63, 3.8) is 0 Å². The van der Waals surface area contributed by atoms with Crippen LogP contribution in [0.1, 0.15) is 32.9 Å². The first-order valence-electron chi connectivity index (χ1n) is 9.03. The molecule has 0 aliphatic heterocycles. The van der Waals surface area contributed by atoms with E-state index in [-0.39, 0.29) is 12.2 Å². The molecule has 0 aliphatic rings. The lowest BCUT2D eigenvalue weighted by molar-refractivity contribution is -0.139. The van der Waals surface area contributed by atoms with E-state index in [0.717, 1.165) is 17.0 Å². The fourth-order valence-corrected chi connectivity index (χ4v) is 2.87. The molecule has 0 saturated carbocycles. The third-order valence-electron chi connectivity index (χ3n) is 4.52. The van der Waals surface area contributed by atoms with Gasteiger partial charge in [-0.25, -0.2) is 9.59 Å². The summed E-state index contributed by atoms with van der Waals surface area (Å²) in [6, 6.07) is 10.3. The first kappa shape index (κ1) is 21.9. The number of benzene rings is 1. The van der Waals surface area contributed by atoms with Gasteiger partial charge >= 0.3 is 11.9 Å². The van der Waals surface area contributed by atoms with Gasteiger partial charge in [0.2, 0.25) is 0 Å². The number of methoxy groups -OCH3 is 2. The summed E-state index contributed by atoms with van der Waals surface area (Å²) in [6.07, 6.45) is 1.54. The van der Waals surface area contributed by atoms with Crippen LogP contribution in [-0.2, 0) is 32.2 Å². The predicted octanol–water partition coefficient (Wildman–Crippen LogP) is 3.19. The molecule has 0 spiro atoms. The summed E-state index contributed by atoms with van der Waals surface area (Å²) >= 11 is 0. The molecule has 0 N–H and O–H groups in total. The molecule has 0 amide bonds. The van der Waals surface area contributed by atoms with E-state index in [2.05, 4.69) is 9.30 Å². The first-order valence-corrected chi connectivity index (χ1v) is 9.03. The van der Waals surface area contributed by atoms with Crippen molar-refractivity contribution in [2.45, 2.75) is 27.0 Å². The highest BCUT2D eigenvalue weighted by Crippen LogP contribution is 2.19. The van der Waals surface area contributed by atoms with E-state index in [1.807, 2.05) is 26.0 Å². The van der Waals surface area contributed by atoms with Crippen LogP contribution in [0.5, 0.6) is 0 Å². The topological polar surface area (TPSA) is 90.5 Å². The molecule has 1 aromatic carbocycles. The van der Waals surface area contributed by atoms with Crippen molar-refractivity contribution in [2.24, 2.45) is 0 Å². The molecule has 2 rings (SSSR count). The number of aromatic nitrogens is 1. The van der Waals surface area contributed by atoms with Gasteiger partial charge in [-0.3, -0.25) is 0 Å². The van der Waals surface area contributed by atoms with Gasteiger partial charge in [0.05, 0.1) is 19.3 Å². The minimum Gasteiger partial charge on any atom is -0.465 e. The van der Waals surface area contributed by atoms with Gasteiger partial charge in [-0.05, 0) is 49.2 Å². The van der Waals surface area contributed by atoms with Gasteiger partial charge in [0.25, 0.3) is 0 Å². The molecule has 1 heterocycles. The van der Waals surface area contributed by atoms with E-state index < -0.39 is 11.9 Å². The van der Waals surface area contributed by atoms with Gasteiger partial charge in [-0.2, -0.15) is 5.26 Å². The molecule has 0 fully saturated rings. The van der Waals surface area contributed by atoms with Gasteiger partial charge < -0.3 is 18.8 Å². The molecular formula is C22H24N2O5. The molecule has 0 saturated heterocycles. The smallest absolute Gasteiger partial charge is 0.349 e. The Balaban J connectivity index is 2.09. The number of esters is 2. The van der Waals surface area contributed by atoms with Crippen LogP contribution in [0, 0.1) is 25.2 Å². The second kappa shape index (κ2) is 10.2. The lowest BCUT2D eigenvalue weighted by atomic mass is 10.1. The van der Waals surface area contributed by atoms with E-state index in [9.17, 15) is 14.9 Å². The monoisotopic (exact) mass is 396 g/mol. The summed E-state index contributed by atoms with van der Waals surface area (Å²) in [5.74, 6) is -1.14. The van der Waals surface area contributed by atoms with Crippen molar-refractivity contribution in [1.82, 2.24) is 4.57 Å².